The van der Waals surface area contributed by atoms with Crippen LogP contribution in [0.15, 0.2) is 54.7 Å². The molecule has 0 aliphatic rings. The summed E-state index contributed by atoms with van der Waals surface area (Å²) >= 11 is 12.2. The lowest BCUT2D eigenvalue weighted by Gasteiger charge is -2.13. The van der Waals surface area contributed by atoms with Gasteiger partial charge in [0, 0.05) is 7.05 Å². The number of para-hydroxylation sites is 3. The van der Waals surface area contributed by atoms with Gasteiger partial charge in [-0.1, -0.05) is 47.5 Å². The summed E-state index contributed by atoms with van der Waals surface area (Å²) in [5.74, 6) is 2.15. The lowest BCUT2D eigenvalue weighted by molar-refractivity contribution is 0.484. The van der Waals surface area contributed by atoms with Crippen molar-refractivity contribution in [2.45, 2.75) is 6.54 Å². The van der Waals surface area contributed by atoms with Crippen molar-refractivity contribution in [3.63, 3.8) is 0 Å². The quantitative estimate of drug-likeness (QED) is 0.695. The first-order chi connectivity index (χ1) is 11.1. The summed E-state index contributed by atoms with van der Waals surface area (Å²) in [6, 6.07) is 15.0. The third kappa shape index (κ3) is 3.60. The Morgan fingerprint density at radius 1 is 1.04 bits per heavy atom. The van der Waals surface area contributed by atoms with Crippen LogP contribution in [0.4, 0.5) is 5.69 Å². The van der Waals surface area contributed by atoms with E-state index in [1.54, 1.807) is 12.3 Å². The van der Waals surface area contributed by atoms with Crippen molar-refractivity contribution in [3.05, 3.63) is 70.7 Å². The smallest absolute Gasteiger partial charge is 0.150 e. The van der Waals surface area contributed by atoms with E-state index < -0.39 is 0 Å². The Hall–Kier alpha value is -2.17. The predicted molar refractivity (Wildman–Crippen MR) is 93.5 cm³/mol. The molecule has 0 bridgehead atoms. The zero-order valence-corrected chi connectivity index (χ0v) is 14.0. The minimum Gasteiger partial charge on any atom is -0.454 e. The zero-order chi connectivity index (χ0) is 16.2. The van der Waals surface area contributed by atoms with Crippen LogP contribution in [-0.2, 0) is 13.6 Å². The Morgan fingerprint density at radius 3 is 2.43 bits per heavy atom. The zero-order valence-electron chi connectivity index (χ0n) is 12.5. The van der Waals surface area contributed by atoms with Crippen molar-refractivity contribution in [2.75, 3.05) is 5.32 Å². The van der Waals surface area contributed by atoms with Gasteiger partial charge in [-0.2, -0.15) is 0 Å². The standard InChI is InChI=1S/C17H15Cl2N3O/c1-22-16(19)10-21-17(22)11-20-13-7-3-5-9-15(13)23-14-8-4-2-6-12(14)18/h2-10,20H,11H2,1H3. The maximum Gasteiger partial charge on any atom is 0.150 e. The van der Waals surface area contributed by atoms with E-state index in [0.29, 0.717) is 28.2 Å². The number of imidazole rings is 1. The molecule has 0 saturated carbocycles. The monoisotopic (exact) mass is 347 g/mol. The third-order valence-electron chi connectivity index (χ3n) is 3.41. The highest BCUT2D eigenvalue weighted by atomic mass is 35.5. The Bertz CT molecular complexity index is 817. The highest BCUT2D eigenvalue weighted by molar-refractivity contribution is 6.32. The summed E-state index contributed by atoms with van der Waals surface area (Å²) in [7, 11) is 1.87. The van der Waals surface area contributed by atoms with Gasteiger partial charge in [-0.25, -0.2) is 4.98 Å². The molecule has 0 amide bonds. The predicted octanol–water partition coefficient (Wildman–Crippen LogP) is 5.13. The third-order valence-corrected chi connectivity index (χ3v) is 4.07. The van der Waals surface area contributed by atoms with Crippen LogP contribution in [0.1, 0.15) is 5.82 Å². The van der Waals surface area contributed by atoms with Crippen LogP contribution in [0.5, 0.6) is 11.5 Å². The SMILES string of the molecule is Cn1c(Cl)cnc1CNc1ccccc1Oc1ccccc1Cl. The average molecular weight is 348 g/mol. The van der Waals surface area contributed by atoms with E-state index in [1.807, 2.05) is 54.1 Å². The lowest BCUT2D eigenvalue weighted by atomic mass is 10.3. The molecule has 0 fully saturated rings. The molecule has 3 rings (SSSR count). The molecule has 1 heterocycles. The molecule has 0 aliphatic carbocycles. The van der Waals surface area contributed by atoms with E-state index in [2.05, 4.69) is 10.3 Å². The maximum absolute atomic E-state index is 6.15. The van der Waals surface area contributed by atoms with E-state index in [4.69, 9.17) is 27.9 Å². The van der Waals surface area contributed by atoms with Crippen LogP contribution < -0.4 is 10.1 Å². The molecule has 4 nitrogen and oxygen atoms in total. The first kappa shape index (κ1) is 15.7. The highest BCUT2D eigenvalue weighted by Crippen LogP contribution is 2.33. The molecule has 1 aromatic heterocycles. The van der Waals surface area contributed by atoms with Gasteiger partial charge in [-0.05, 0) is 24.3 Å². The van der Waals surface area contributed by atoms with Gasteiger partial charge in [0.05, 0.1) is 23.5 Å². The summed E-state index contributed by atoms with van der Waals surface area (Å²) in [5.41, 5.74) is 0.853. The second-order valence-corrected chi connectivity index (χ2v) is 5.73. The van der Waals surface area contributed by atoms with Gasteiger partial charge in [-0.3, -0.25) is 0 Å². The Balaban J connectivity index is 1.78. The van der Waals surface area contributed by atoms with Crippen molar-refractivity contribution in [2.24, 2.45) is 7.05 Å². The van der Waals surface area contributed by atoms with Gasteiger partial charge < -0.3 is 14.6 Å². The number of ether oxygens (including phenoxy) is 1. The molecule has 0 saturated heterocycles. The number of anilines is 1. The van der Waals surface area contributed by atoms with Gasteiger partial charge in [0.2, 0.25) is 0 Å². The minimum absolute atomic E-state index is 0.534. The summed E-state index contributed by atoms with van der Waals surface area (Å²) in [6.07, 6.45) is 1.63. The molecule has 118 valence electrons. The van der Waals surface area contributed by atoms with E-state index in [-0.39, 0.29) is 0 Å². The number of nitrogens with one attached hydrogen (secondary N) is 1. The number of aromatic nitrogens is 2. The first-order valence-electron chi connectivity index (χ1n) is 7.06. The largest absolute Gasteiger partial charge is 0.454 e. The number of nitrogens with zero attached hydrogens (tertiary/aromatic N) is 2. The van der Waals surface area contributed by atoms with Crippen molar-refractivity contribution < 1.29 is 4.74 Å². The molecule has 23 heavy (non-hydrogen) atoms. The molecular weight excluding hydrogens is 333 g/mol. The van der Waals surface area contributed by atoms with Gasteiger partial charge in [0.25, 0.3) is 0 Å². The molecule has 1 N–H and O–H groups in total. The molecular formula is C17H15Cl2N3O. The molecule has 0 aliphatic heterocycles. The molecule has 0 unspecified atom stereocenters. The average Bonchev–Trinajstić information content (AvgIpc) is 2.88. The summed E-state index contributed by atoms with van der Waals surface area (Å²) < 4.78 is 7.74. The molecule has 2 aromatic carbocycles. The number of hydrogen-bond donors (Lipinski definition) is 1. The normalized spacial score (nSPS) is 10.6. The molecule has 3 aromatic rings. The van der Waals surface area contributed by atoms with Crippen LogP contribution in [0.3, 0.4) is 0 Å². The van der Waals surface area contributed by atoms with Gasteiger partial charge in [-0.15, -0.1) is 0 Å². The fourth-order valence-corrected chi connectivity index (χ4v) is 2.43. The highest BCUT2D eigenvalue weighted by Gasteiger charge is 2.09. The van der Waals surface area contributed by atoms with Crippen molar-refractivity contribution in [1.29, 1.82) is 0 Å². The van der Waals surface area contributed by atoms with E-state index in [9.17, 15) is 0 Å². The molecule has 0 radical (unpaired) electrons. The number of halogens is 2. The number of benzene rings is 2. The number of hydrogen-bond acceptors (Lipinski definition) is 3. The van der Waals surface area contributed by atoms with Crippen LogP contribution in [0.25, 0.3) is 0 Å². The second kappa shape index (κ2) is 6.94. The Labute approximate surface area is 144 Å². The minimum atomic E-state index is 0.534. The summed E-state index contributed by atoms with van der Waals surface area (Å²) in [4.78, 5) is 4.26. The lowest BCUT2D eigenvalue weighted by Crippen LogP contribution is -2.06. The van der Waals surface area contributed by atoms with Crippen molar-refractivity contribution in [1.82, 2.24) is 9.55 Å². The van der Waals surface area contributed by atoms with E-state index in [0.717, 1.165) is 11.5 Å². The van der Waals surface area contributed by atoms with Crippen LogP contribution in [-0.4, -0.2) is 9.55 Å². The van der Waals surface area contributed by atoms with Crippen molar-refractivity contribution >= 4 is 28.9 Å². The molecule has 0 atom stereocenters. The second-order valence-electron chi connectivity index (χ2n) is 4.94. The van der Waals surface area contributed by atoms with Crippen molar-refractivity contribution in [3.8, 4) is 11.5 Å². The molecule has 6 heteroatoms. The van der Waals surface area contributed by atoms with Gasteiger partial charge in [0.15, 0.2) is 5.75 Å². The topological polar surface area (TPSA) is 39.1 Å². The Kier molecular flexibility index (Phi) is 4.74. The fourth-order valence-electron chi connectivity index (χ4n) is 2.11. The fraction of sp³-hybridized carbons (Fsp3) is 0.118. The maximum atomic E-state index is 6.15. The number of rotatable bonds is 5. The van der Waals surface area contributed by atoms with E-state index >= 15 is 0 Å². The van der Waals surface area contributed by atoms with Gasteiger partial charge >= 0.3 is 0 Å². The molecule has 0 spiro atoms. The summed E-state index contributed by atoms with van der Waals surface area (Å²) in [5, 5.41) is 4.48. The Morgan fingerprint density at radius 2 is 1.74 bits per heavy atom. The summed E-state index contributed by atoms with van der Waals surface area (Å²) in [6.45, 7) is 0.534. The van der Waals surface area contributed by atoms with E-state index in [1.165, 1.54) is 0 Å². The van der Waals surface area contributed by atoms with Crippen LogP contribution in [0.2, 0.25) is 10.2 Å². The van der Waals surface area contributed by atoms with Crippen LogP contribution in [0, 0.1) is 0 Å². The van der Waals surface area contributed by atoms with Crippen LogP contribution >= 0.6 is 23.2 Å². The first-order valence-corrected chi connectivity index (χ1v) is 7.82. The van der Waals surface area contributed by atoms with Gasteiger partial charge in [0.1, 0.15) is 16.7 Å².